The molecule has 1 heterocycles. The molecule has 6 nitrogen and oxygen atoms in total. The van der Waals surface area contributed by atoms with Crippen LogP contribution in [0, 0.1) is 5.82 Å². The molecule has 1 aliphatic heterocycles. The fourth-order valence-electron chi connectivity index (χ4n) is 2.29. The number of carbonyl (C=O) groups is 2. The minimum atomic E-state index is -1.07. The number of rotatable bonds is 7. The lowest BCUT2D eigenvalue weighted by Crippen LogP contribution is -2.45. The molecule has 0 saturated carbocycles. The van der Waals surface area contributed by atoms with Crippen LogP contribution in [0.25, 0.3) is 0 Å². The van der Waals surface area contributed by atoms with Crippen LogP contribution in [0.3, 0.4) is 0 Å². The Morgan fingerprint density at radius 3 is 2.96 bits per heavy atom. The van der Waals surface area contributed by atoms with E-state index in [0.717, 1.165) is 6.42 Å². The van der Waals surface area contributed by atoms with Gasteiger partial charge < -0.3 is 15.3 Å². The maximum absolute atomic E-state index is 13.2. The average molecular weight is 322 g/mol. The molecule has 0 spiro atoms. The second kappa shape index (κ2) is 7.71. The Kier molecular flexibility index (Phi) is 5.67. The summed E-state index contributed by atoms with van der Waals surface area (Å²) in [5.74, 6) is -2.00. The van der Waals surface area contributed by atoms with Gasteiger partial charge in [-0.2, -0.15) is 0 Å². The molecule has 1 amide bonds. The van der Waals surface area contributed by atoms with Crippen molar-refractivity contribution < 1.29 is 23.9 Å². The smallest absolute Gasteiger partial charge is 0.326 e. The lowest BCUT2D eigenvalue weighted by molar-refractivity contribution is -0.144. The van der Waals surface area contributed by atoms with Crippen molar-refractivity contribution in [1.82, 2.24) is 5.32 Å². The minimum absolute atomic E-state index is 0.176. The zero-order chi connectivity index (χ0) is 16.8. The first-order valence-corrected chi connectivity index (χ1v) is 7.53. The zero-order valence-electron chi connectivity index (χ0n) is 12.8. The molecule has 1 aromatic rings. The third-order valence-corrected chi connectivity index (χ3v) is 3.58. The largest absolute Gasteiger partial charge is 0.480 e. The summed E-state index contributed by atoms with van der Waals surface area (Å²) < 4.78 is 13.2. The van der Waals surface area contributed by atoms with Crippen molar-refractivity contribution in [3.8, 4) is 0 Å². The van der Waals surface area contributed by atoms with Gasteiger partial charge >= 0.3 is 5.97 Å². The summed E-state index contributed by atoms with van der Waals surface area (Å²) in [5, 5.41) is 15.4. The van der Waals surface area contributed by atoms with Crippen molar-refractivity contribution in [3.05, 3.63) is 35.6 Å². The number of aliphatic carboxylic acids is 1. The van der Waals surface area contributed by atoms with Gasteiger partial charge in [0.25, 0.3) is 5.91 Å². The minimum Gasteiger partial charge on any atom is -0.480 e. The van der Waals surface area contributed by atoms with Gasteiger partial charge in [-0.1, -0.05) is 37.1 Å². The Balaban J connectivity index is 1.94. The maximum atomic E-state index is 13.2. The molecule has 124 valence electrons. The van der Waals surface area contributed by atoms with E-state index in [9.17, 15) is 14.0 Å². The number of halogens is 1. The third kappa shape index (κ3) is 4.51. The van der Waals surface area contributed by atoms with Gasteiger partial charge in [-0.15, -0.1) is 0 Å². The summed E-state index contributed by atoms with van der Waals surface area (Å²) in [4.78, 5) is 28.3. The van der Waals surface area contributed by atoms with Gasteiger partial charge in [0.05, 0.1) is 5.71 Å². The van der Waals surface area contributed by atoms with Crippen LogP contribution in [0.2, 0.25) is 0 Å². The van der Waals surface area contributed by atoms with Crippen molar-refractivity contribution in [1.29, 1.82) is 0 Å². The Bertz CT molecular complexity index is 618. The maximum Gasteiger partial charge on any atom is 0.326 e. The standard InChI is InChI=1S/C16H19FN2O4/c1-2-3-7-12(16(21)22)18-15(20)14-9-13(19-23-14)10-5-4-6-11(17)8-10/h4-6,8,12,14H,2-3,7,9H2,1H3,(H,18,20)(H,21,22)/t12-,14?/m0/s1. The fourth-order valence-corrected chi connectivity index (χ4v) is 2.29. The van der Waals surface area contributed by atoms with Crippen LogP contribution in [-0.4, -0.2) is 34.8 Å². The quantitative estimate of drug-likeness (QED) is 0.804. The molecular weight excluding hydrogens is 303 g/mol. The molecule has 7 heteroatoms. The molecule has 1 unspecified atom stereocenters. The fraction of sp³-hybridized carbons (Fsp3) is 0.438. The number of oxime groups is 1. The summed E-state index contributed by atoms with van der Waals surface area (Å²) in [6.45, 7) is 1.94. The highest BCUT2D eigenvalue weighted by Crippen LogP contribution is 2.18. The van der Waals surface area contributed by atoms with Crippen LogP contribution >= 0.6 is 0 Å². The van der Waals surface area contributed by atoms with Gasteiger partial charge in [0.1, 0.15) is 11.9 Å². The van der Waals surface area contributed by atoms with E-state index in [2.05, 4.69) is 10.5 Å². The third-order valence-electron chi connectivity index (χ3n) is 3.58. The van der Waals surface area contributed by atoms with Crippen LogP contribution in [0.4, 0.5) is 4.39 Å². The highest BCUT2D eigenvalue weighted by Gasteiger charge is 2.31. The van der Waals surface area contributed by atoms with Gasteiger partial charge in [0, 0.05) is 12.0 Å². The second-order valence-corrected chi connectivity index (χ2v) is 5.39. The Morgan fingerprint density at radius 1 is 1.52 bits per heavy atom. The molecule has 0 bridgehead atoms. The van der Waals surface area contributed by atoms with E-state index in [-0.39, 0.29) is 6.42 Å². The van der Waals surface area contributed by atoms with Crippen molar-refractivity contribution in [3.63, 3.8) is 0 Å². The average Bonchev–Trinajstić information content (AvgIpc) is 3.01. The number of amides is 1. The molecule has 2 atom stereocenters. The number of carboxylic acid groups (broad SMARTS) is 1. The Labute approximate surface area is 133 Å². The monoisotopic (exact) mass is 322 g/mol. The predicted molar refractivity (Wildman–Crippen MR) is 81.5 cm³/mol. The summed E-state index contributed by atoms with van der Waals surface area (Å²) in [6, 6.07) is 4.90. The van der Waals surface area contributed by atoms with E-state index >= 15 is 0 Å². The van der Waals surface area contributed by atoms with Gasteiger partial charge in [-0.05, 0) is 18.6 Å². The molecule has 0 saturated heterocycles. The summed E-state index contributed by atoms with van der Waals surface area (Å²) in [5.41, 5.74) is 1.01. The first-order chi connectivity index (χ1) is 11.0. The second-order valence-electron chi connectivity index (χ2n) is 5.39. The molecule has 1 aliphatic rings. The molecule has 0 radical (unpaired) electrons. The number of unbranched alkanes of at least 4 members (excludes halogenated alkanes) is 1. The summed E-state index contributed by atoms with van der Waals surface area (Å²) in [7, 11) is 0. The summed E-state index contributed by atoms with van der Waals surface area (Å²) >= 11 is 0. The number of nitrogens with zero attached hydrogens (tertiary/aromatic N) is 1. The first-order valence-electron chi connectivity index (χ1n) is 7.53. The molecule has 23 heavy (non-hydrogen) atoms. The number of benzene rings is 1. The van der Waals surface area contributed by atoms with E-state index in [4.69, 9.17) is 9.94 Å². The van der Waals surface area contributed by atoms with E-state index < -0.39 is 29.8 Å². The van der Waals surface area contributed by atoms with Gasteiger partial charge in [0.2, 0.25) is 6.10 Å². The van der Waals surface area contributed by atoms with Crippen LogP contribution < -0.4 is 5.32 Å². The molecule has 0 aliphatic carbocycles. The van der Waals surface area contributed by atoms with E-state index in [1.165, 1.54) is 12.1 Å². The number of hydrogen-bond donors (Lipinski definition) is 2. The molecule has 2 rings (SSSR count). The van der Waals surface area contributed by atoms with E-state index in [1.807, 2.05) is 6.92 Å². The Morgan fingerprint density at radius 2 is 2.30 bits per heavy atom. The van der Waals surface area contributed by atoms with Crippen LogP contribution in [0.5, 0.6) is 0 Å². The van der Waals surface area contributed by atoms with Gasteiger partial charge in [-0.3, -0.25) is 4.79 Å². The van der Waals surface area contributed by atoms with Crippen LogP contribution in [0.15, 0.2) is 29.4 Å². The highest BCUT2D eigenvalue weighted by atomic mass is 19.1. The predicted octanol–water partition coefficient (Wildman–Crippen LogP) is 2.08. The number of carbonyl (C=O) groups excluding carboxylic acids is 1. The highest BCUT2D eigenvalue weighted by molar-refractivity contribution is 6.04. The lowest BCUT2D eigenvalue weighted by Gasteiger charge is -2.16. The lowest BCUT2D eigenvalue weighted by atomic mass is 10.0. The SMILES string of the molecule is CCCC[C@H](NC(=O)C1CC(c2cccc(F)c2)=NO1)C(=O)O. The van der Waals surface area contributed by atoms with E-state index in [1.54, 1.807) is 12.1 Å². The van der Waals surface area contributed by atoms with Crippen LogP contribution in [-0.2, 0) is 14.4 Å². The van der Waals surface area contributed by atoms with Crippen molar-refractivity contribution in [2.75, 3.05) is 0 Å². The molecule has 2 N–H and O–H groups in total. The topological polar surface area (TPSA) is 88.0 Å². The molecule has 0 fully saturated rings. The molecular formula is C16H19FN2O4. The summed E-state index contributed by atoms with van der Waals surface area (Å²) in [6.07, 6.45) is 1.19. The van der Waals surface area contributed by atoms with E-state index in [0.29, 0.717) is 24.1 Å². The van der Waals surface area contributed by atoms with Crippen molar-refractivity contribution >= 4 is 17.6 Å². The van der Waals surface area contributed by atoms with Gasteiger partial charge in [0.15, 0.2) is 0 Å². The first kappa shape index (κ1) is 16.9. The van der Waals surface area contributed by atoms with Crippen LogP contribution in [0.1, 0.15) is 38.2 Å². The Hall–Kier alpha value is -2.44. The zero-order valence-corrected chi connectivity index (χ0v) is 12.8. The van der Waals surface area contributed by atoms with Crippen molar-refractivity contribution in [2.24, 2.45) is 5.16 Å². The number of carboxylic acids is 1. The molecule has 0 aromatic heterocycles. The normalized spacial score (nSPS) is 18.0. The van der Waals surface area contributed by atoms with Gasteiger partial charge in [-0.25, -0.2) is 9.18 Å². The molecule has 1 aromatic carbocycles. The number of nitrogens with one attached hydrogen (secondary N) is 1. The van der Waals surface area contributed by atoms with Crippen molar-refractivity contribution in [2.45, 2.75) is 44.8 Å². The number of hydrogen-bond acceptors (Lipinski definition) is 4.